The van der Waals surface area contributed by atoms with E-state index in [1.165, 1.54) is 11.9 Å². The molecule has 0 bridgehead atoms. The van der Waals surface area contributed by atoms with Crippen molar-refractivity contribution in [2.75, 3.05) is 0 Å². The fourth-order valence-electron chi connectivity index (χ4n) is 2.36. The molecule has 6 nitrogen and oxygen atoms in total. The summed E-state index contributed by atoms with van der Waals surface area (Å²) in [7, 11) is 0. The average molecular weight is 341 g/mol. The lowest BCUT2D eigenvalue weighted by Gasteiger charge is -2.13. The maximum absolute atomic E-state index is 12.2. The summed E-state index contributed by atoms with van der Waals surface area (Å²) in [5, 5.41) is 9.87. The van der Waals surface area contributed by atoms with Crippen molar-refractivity contribution in [1.29, 1.82) is 0 Å². The maximum atomic E-state index is 12.2. The summed E-state index contributed by atoms with van der Waals surface area (Å²) in [6.07, 6.45) is 3.40. The first-order chi connectivity index (χ1) is 11.6. The summed E-state index contributed by atoms with van der Waals surface area (Å²) in [5.41, 5.74) is 3.09. The minimum atomic E-state index is -0.0385. The van der Waals surface area contributed by atoms with Gasteiger partial charge >= 0.3 is 0 Å². The van der Waals surface area contributed by atoms with Crippen LogP contribution in [-0.4, -0.2) is 31.7 Å². The smallest absolute Gasteiger partial charge is 0.226 e. The lowest BCUT2D eigenvalue weighted by Crippen LogP contribution is -2.36. The van der Waals surface area contributed by atoms with E-state index in [0.717, 1.165) is 16.3 Å². The van der Waals surface area contributed by atoms with Crippen LogP contribution in [0.2, 0.25) is 0 Å². The van der Waals surface area contributed by atoms with E-state index in [-0.39, 0.29) is 18.4 Å². The Morgan fingerprint density at radius 1 is 1.33 bits per heavy atom. The van der Waals surface area contributed by atoms with E-state index in [0.29, 0.717) is 6.54 Å². The molecule has 1 atom stereocenters. The first-order valence-electron chi connectivity index (χ1n) is 7.73. The van der Waals surface area contributed by atoms with E-state index in [9.17, 15) is 4.79 Å². The second kappa shape index (κ2) is 7.35. The monoisotopic (exact) mass is 341 g/mol. The zero-order valence-corrected chi connectivity index (χ0v) is 14.5. The third-order valence-corrected chi connectivity index (χ3v) is 4.47. The highest BCUT2D eigenvalue weighted by molar-refractivity contribution is 7.13. The van der Waals surface area contributed by atoms with E-state index < -0.39 is 0 Å². The Balaban J connectivity index is 1.56. The molecular weight excluding hydrogens is 322 g/mol. The van der Waals surface area contributed by atoms with Crippen molar-refractivity contribution >= 4 is 17.2 Å². The molecule has 1 aromatic carbocycles. The van der Waals surface area contributed by atoms with Gasteiger partial charge in [-0.15, -0.1) is 11.3 Å². The van der Waals surface area contributed by atoms with Crippen molar-refractivity contribution < 1.29 is 4.79 Å². The van der Waals surface area contributed by atoms with Crippen molar-refractivity contribution in [1.82, 2.24) is 25.1 Å². The molecule has 0 fully saturated rings. The molecule has 0 saturated carbocycles. The van der Waals surface area contributed by atoms with Gasteiger partial charge in [0.05, 0.1) is 18.7 Å². The van der Waals surface area contributed by atoms with Crippen LogP contribution in [0.1, 0.15) is 18.2 Å². The zero-order chi connectivity index (χ0) is 16.9. The fraction of sp³-hybridized carbons (Fsp3) is 0.294. The second-order valence-electron chi connectivity index (χ2n) is 5.77. The minimum absolute atomic E-state index is 0.0191. The molecule has 2 heterocycles. The summed E-state index contributed by atoms with van der Waals surface area (Å²) >= 11 is 1.56. The molecule has 1 N–H and O–H groups in total. The first-order valence-corrected chi connectivity index (χ1v) is 8.61. The third kappa shape index (κ3) is 4.26. The van der Waals surface area contributed by atoms with Gasteiger partial charge in [-0.25, -0.2) is 9.97 Å². The van der Waals surface area contributed by atoms with E-state index in [1.807, 2.05) is 12.3 Å². The molecule has 0 aliphatic carbocycles. The number of rotatable bonds is 6. The number of hydrogen-bond acceptors (Lipinski definition) is 5. The standard InChI is InChI=1S/C17H19N5OS/c1-12-3-5-14(6-4-12)17-21-15(9-24-17)7-16(23)20-13(2)8-22-11-18-10-19-22/h3-6,9-11,13H,7-8H2,1-2H3,(H,20,23). The summed E-state index contributed by atoms with van der Waals surface area (Å²) in [4.78, 5) is 20.6. The van der Waals surface area contributed by atoms with E-state index >= 15 is 0 Å². The van der Waals surface area contributed by atoms with Crippen molar-refractivity contribution in [2.24, 2.45) is 0 Å². The highest BCUT2D eigenvalue weighted by atomic mass is 32.1. The predicted molar refractivity (Wildman–Crippen MR) is 93.6 cm³/mol. The number of nitrogens with one attached hydrogen (secondary N) is 1. The number of hydrogen-bond donors (Lipinski definition) is 1. The Kier molecular flexibility index (Phi) is 5.00. The van der Waals surface area contributed by atoms with Crippen LogP contribution in [0.5, 0.6) is 0 Å². The van der Waals surface area contributed by atoms with Gasteiger partial charge in [-0.05, 0) is 13.8 Å². The first kappa shape index (κ1) is 16.3. The van der Waals surface area contributed by atoms with Crippen LogP contribution in [0.25, 0.3) is 10.6 Å². The quantitative estimate of drug-likeness (QED) is 0.747. The molecule has 0 aliphatic rings. The number of carbonyl (C=O) groups excluding carboxylic acids is 1. The van der Waals surface area contributed by atoms with Gasteiger partial charge < -0.3 is 5.32 Å². The predicted octanol–water partition coefficient (Wildman–Crippen LogP) is 2.46. The molecule has 0 saturated heterocycles. The Labute approximate surface area is 144 Å². The Morgan fingerprint density at radius 2 is 2.12 bits per heavy atom. The van der Waals surface area contributed by atoms with Gasteiger partial charge in [0.1, 0.15) is 17.7 Å². The Morgan fingerprint density at radius 3 is 2.83 bits per heavy atom. The van der Waals surface area contributed by atoms with Crippen LogP contribution >= 0.6 is 11.3 Å². The molecule has 124 valence electrons. The molecule has 1 amide bonds. The summed E-state index contributed by atoms with van der Waals surface area (Å²) in [6, 6.07) is 8.22. The van der Waals surface area contributed by atoms with E-state index in [1.54, 1.807) is 22.3 Å². The largest absolute Gasteiger partial charge is 0.351 e. The average Bonchev–Trinajstić information content (AvgIpc) is 3.19. The topological polar surface area (TPSA) is 72.7 Å². The number of carbonyl (C=O) groups is 1. The van der Waals surface area contributed by atoms with Crippen molar-refractivity contribution in [2.45, 2.75) is 32.9 Å². The third-order valence-electron chi connectivity index (χ3n) is 3.53. The molecule has 7 heteroatoms. The SMILES string of the molecule is Cc1ccc(-c2nc(CC(=O)NC(C)Cn3cncn3)cs2)cc1. The molecule has 0 aliphatic heterocycles. The number of thiazole rings is 1. The Hall–Kier alpha value is -2.54. The number of nitrogens with zero attached hydrogens (tertiary/aromatic N) is 4. The van der Waals surface area contributed by atoms with Crippen molar-refractivity contribution in [3.05, 3.63) is 53.6 Å². The van der Waals surface area contributed by atoms with E-state index in [2.05, 4.69) is 51.6 Å². The van der Waals surface area contributed by atoms with Gasteiger partial charge in [-0.1, -0.05) is 29.8 Å². The molecule has 1 unspecified atom stereocenters. The molecule has 0 radical (unpaired) electrons. The van der Waals surface area contributed by atoms with Crippen LogP contribution in [0, 0.1) is 6.92 Å². The fourth-order valence-corrected chi connectivity index (χ4v) is 3.19. The molecule has 24 heavy (non-hydrogen) atoms. The van der Waals surface area contributed by atoms with Gasteiger partial charge in [0, 0.05) is 17.0 Å². The molecule has 0 spiro atoms. The van der Waals surface area contributed by atoms with Crippen LogP contribution in [-0.2, 0) is 17.8 Å². The lowest BCUT2D eigenvalue weighted by molar-refractivity contribution is -0.121. The second-order valence-corrected chi connectivity index (χ2v) is 6.63. The van der Waals surface area contributed by atoms with Gasteiger partial charge in [0.15, 0.2) is 0 Å². The van der Waals surface area contributed by atoms with Gasteiger partial charge in [-0.3, -0.25) is 9.48 Å². The van der Waals surface area contributed by atoms with Crippen LogP contribution in [0.3, 0.4) is 0 Å². The molecule has 2 aromatic heterocycles. The molecular formula is C17H19N5OS. The van der Waals surface area contributed by atoms with Crippen LogP contribution in [0.4, 0.5) is 0 Å². The minimum Gasteiger partial charge on any atom is -0.351 e. The normalized spacial score (nSPS) is 12.1. The molecule has 3 aromatic rings. The zero-order valence-electron chi connectivity index (χ0n) is 13.6. The summed E-state index contributed by atoms with van der Waals surface area (Å²) in [5.74, 6) is -0.0385. The summed E-state index contributed by atoms with van der Waals surface area (Å²) in [6.45, 7) is 4.59. The number of benzene rings is 1. The highest BCUT2D eigenvalue weighted by Crippen LogP contribution is 2.24. The van der Waals surface area contributed by atoms with Crippen molar-refractivity contribution in [3.8, 4) is 10.6 Å². The van der Waals surface area contributed by atoms with Gasteiger partial charge in [0.25, 0.3) is 0 Å². The lowest BCUT2D eigenvalue weighted by atomic mass is 10.2. The van der Waals surface area contributed by atoms with Gasteiger partial charge in [0.2, 0.25) is 5.91 Å². The number of amides is 1. The van der Waals surface area contributed by atoms with Gasteiger partial charge in [-0.2, -0.15) is 5.10 Å². The van der Waals surface area contributed by atoms with E-state index in [4.69, 9.17) is 0 Å². The number of aryl methyl sites for hydroxylation is 1. The number of aromatic nitrogens is 4. The Bertz CT molecular complexity index is 795. The van der Waals surface area contributed by atoms with Crippen LogP contribution in [0.15, 0.2) is 42.3 Å². The summed E-state index contributed by atoms with van der Waals surface area (Å²) < 4.78 is 1.70. The van der Waals surface area contributed by atoms with Crippen molar-refractivity contribution in [3.63, 3.8) is 0 Å². The highest BCUT2D eigenvalue weighted by Gasteiger charge is 2.12. The van der Waals surface area contributed by atoms with Crippen LogP contribution < -0.4 is 5.32 Å². The molecule has 3 rings (SSSR count). The maximum Gasteiger partial charge on any atom is 0.226 e.